The van der Waals surface area contributed by atoms with Crippen LogP contribution in [0.1, 0.15) is 0 Å². The molecule has 0 spiro atoms. The Labute approximate surface area is 56.1 Å². The third-order valence-corrected chi connectivity index (χ3v) is 1.62. The molecule has 0 atom stereocenters. The van der Waals surface area contributed by atoms with Crippen molar-refractivity contribution >= 4 is 13.0 Å². The predicted molar refractivity (Wildman–Crippen MR) is 31.5 cm³/mol. The minimum absolute atomic E-state index is 0.359. The molecule has 0 fully saturated rings. The van der Waals surface area contributed by atoms with Crippen molar-refractivity contribution in [1.29, 1.82) is 0 Å². The largest absolute Gasteiger partial charge is 0.376 e. The molecule has 0 amide bonds. The highest BCUT2D eigenvalue weighted by Crippen LogP contribution is 2.30. The summed E-state index contributed by atoms with van der Waals surface area (Å²) in [6, 6.07) is 1.12. The molecule has 1 aromatic heterocycles. The molecule has 2 N–H and O–H groups in total. The lowest BCUT2D eigenvalue weighted by Gasteiger charge is -1.97. The molecule has 1 rings (SSSR count). The molecule has 0 aliphatic rings. The van der Waals surface area contributed by atoms with E-state index in [1.807, 2.05) is 0 Å². The molecule has 7 heteroatoms. The summed E-state index contributed by atoms with van der Waals surface area (Å²) < 4.78 is 10.4. The van der Waals surface area contributed by atoms with Crippen LogP contribution in [0.25, 0.3) is 0 Å². The maximum atomic E-state index is 10.4. The highest BCUT2D eigenvalue weighted by atomic mass is 31.2. The van der Waals surface area contributed by atoms with Crippen molar-refractivity contribution in [2.75, 3.05) is 0 Å². The van der Waals surface area contributed by atoms with Crippen LogP contribution >= 0.6 is 7.60 Å². The molecular weight excluding hydrogens is 157 g/mol. The molecule has 1 aromatic rings. The zero-order chi connectivity index (χ0) is 7.61. The van der Waals surface area contributed by atoms with Crippen molar-refractivity contribution < 1.29 is 14.4 Å². The molecule has 54 valence electrons. The molecule has 0 unspecified atom stereocenters. The monoisotopic (exact) mass is 161 g/mol. The Morgan fingerprint density at radius 2 is 2.20 bits per heavy atom. The van der Waals surface area contributed by atoms with Crippen LogP contribution in [0.4, 0.5) is 0 Å². The highest BCUT2D eigenvalue weighted by molar-refractivity contribution is 7.59. The van der Waals surface area contributed by atoms with Crippen LogP contribution in [0.5, 0.6) is 0 Å². The fourth-order valence-corrected chi connectivity index (χ4v) is 0.808. The number of aromatic nitrogens is 3. The summed E-state index contributed by atoms with van der Waals surface area (Å²) in [5.74, 6) is 0. The zero-order valence-electron chi connectivity index (χ0n) is 4.75. The SMILES string of the molecule is O=P(O)(O)c1ccnnn1. The third-order valence-electron chi connectivity index (χ3n) is 0.788. The Balaban J connectivity index is 3.09. The van der Waals surface area contributed by atoms with Crippen LogP contribution in [0.2, 0.25) is 0 Å². The summed E-state index contributed by atoms with van der Waals surface area (Å²) in [5, 5.41) is 9.44. The van der Waals surface area contributed by atoms with Crippen LogP contribution in [-0.2, 0) is 4.57 Å². The second-order valence-electron chi connectivity index (χ2n) is 1.52. The smallest absolute Gasteiger partial charge is 0.320 e. The minimum atomic E-state index is -4.23. The predicted octanol–water partition coefficient (Wildman–Crippen LogP) is -1.33. The number of hydrogen-bond acceptors (Lipinski definition) is 4. The lowest BCUT2D eigenvalue weighted by molar-refractivity contribution is 0.385. The highest BCUT2D eigenvalue weighted by Gasteiger charge is 2.18. The fraction of sp³-hybridized carbons (Fsp3) is 0. The molecule has 0 bridgehead atoms. The van der Waals surface area contributed by atoms with Gasteiger partial charge in [-0.25, -0.2) is 0 Å². The van der Waals surface area contributed by atoms with E-state index in [9.17, 15) is 4.57 Å². The van der Waals surface area contributed by atoms with Gasteiger partial charge in [0.25, 0.3) is 0 Å². The molecule has 0 saturated heterocycles. The Kier molecular flexibility index (Phi) is 1.76. The van der Waals surface area contributed by atoms with E-state index in [1.54, 1.807) is 0 Å². The first-order valence-electron chi connectivity index (χ1n) is 2.31. The Hall–Kier alpha value is -0.840. The van der Waals surface area contributed by atoms with Gasteiger partial charge in [-0.3, -0.25) is 4.57 Å². The Morgan fingerprint density at radius 3 is 2.50 bits per heavy atom. The van der Waals surface area contributed by atoms with E-state index in [-0.39, 0.29) is 5.44 Å². The molecule has 0 saturated carbocycles. The van der Waals surface area contributed by atoms with Gasteiger partial charge >= 0.3 is 7.60 Å². The first-order valence-corrected chi connectivity index (χ1v) is 3.92. The van der Waals surface area contributed by atoms with Gasteiger partial charge in [-0.05, 0) is 11.3 Å². The van der Waals surface area contributed by atoms with Crippen LogP contribution in [0, 0.1) is 0 Å². The molecule has 1 heterocycles. The van der Waals surface area contributed by atoms with Gasteiger partial charge in [-0.15, -0.1) is 10.2 Å². The molecule has 10 heavy (non-hydrogen) atoms. The van der Waals surface area contributed by atoms with Gasteiger partial charge in [-0.1, -0.05) is 0 Å². The van der Waals surface area contributed by atoms with Gasteiger partial charge in [0, 0.05) is 0 Å². The van der Waals surface area contributed by atoms with E-state index in [4.69, 9.17) is 9.79 Å². The maximum Gasteiger partial charge on any atom is 0.376 e. The number of nitrogens with zero attached hydrogens (tertiary/aromatic N) is 3. The van der Waals surface area contributed by atoms with Gasteiger partial charge in [0.2, 0.25) is 0 Å². The summed E-state index contributed by atoms with van der Waals surface area (Å²) in [5.41, 5.74) is -0.359. The van der Waals surface area contributed by atoms with Crippen LogP contribution in [0.15, 0.2) is 12.3 Å². The van der Waals surface area contributed by atoms with E-state index < -0.39 is 7.60 Å². The summed E-state index contributed by atoms with van der Waals surface area (Å²) in [4.78, 5) is 16.9. The lowest BCUT2D eigenvalue weighted by Crippen LogP contribution is -2.10. The standard InChI is InChI=1S/C3H4N3O3P/c7-10(8,9)3-1-2-4-6-5-3/h1-2H,(H2,7,8,9). The number of hydrogen-bond donors (Lipinski definition) is 2. The molecule has 0 aliphatic heterocycles. The molecule has 0 radical (unpaired) electrons. The summed E-state index contributed by atoms with van der Waals surface area (Å²) >= 11 is 0. The molecular formula is C3H4N3O3P. The van der Waals surface area contributed by atoms with E-state index >= 15 is 0 Å². The molecule has 0 aliphatic carbocycles. The van der Waals surface area contributed by atoms with Gasteiger partial charge < -0.3 is 9.79 Å². The van der Waals surface area contributed by atoms with E-state index in [0.29, 0.717) is 0 Å². The van der Waals surface area contributed by atoms with Crippen molar-refractivity contribution in [3.8, 4) is 0 Å². The fourth-order valence-electron chi connectivity index (χ4n) is 0.390. The van der Waals surface area contributed by atoms with Crippen molar-refractivity contribution in [1.82, 2.24) is 15.4 Å². The van der Waals surface area contributed by atoms with Gasteiger partial charge in [-0.2, -0.15) is 0 Å². The van der Waals surface area contributed by atoms with E-state index in [0.717, 1.165) is 6.07 Å². The summed E-state index contributed by atoms with van der Waals surface area (Å²) in [6.07, 6.45) is 1.17. The first-order chi connectivity index (χ1) is 4.61. The second-order valence-corrected chi connectivity index (χ2v) is 3.07. The number of rotatable bonds is 1. The summed E-state index contributed by atoms with van der Waals surface area (Å²) in [6.45, 7) is 0. The average Bonchev–Trinajstić information content (AvgIpc) is 1.88. The van der Waals surface area contributed by atoms with Gasteiger partial charge in [0.15, 0.2) is 5.44 Å². The van der Waals surface area contributed by atoms with E-state index in [1.165, 1.54) is 6.20 Å². The van der Waals surface area contributed by atoms with Crippen molar-refractivity contribution in [3.63, 3.8) is 0 Å². The lowest BCUT2D eigenvalue weighted by atomic mass is 10.7. The third kappa shape index (κ3) is 1.57. The average molecular weight is 161 g/mol. The zero-order valence-corrected chi connectivity index (χ0v) is 5.64. The summed E-state index contributed by atoms with van der Waals surface area (Å²) in [7, 11) is -4.23. The Morgan fingerprint density at radius 1 is 1.50 bits per heavy atom. The minimum Gasteiger partial charge on any atom is -0.320 e. The Bertz CT molecular complexity index is 257. The van der Waals surface area contributed by atoms with Crippen LogP contribution in [0.3, 0.4) is 0 Å². The normalized spacial score (nSPS) is 11.4. The molecule has 6 nitrogen and oxygen atoms in total. The maximum absolute atomic E-state index is 10.4. The van der Waals surface area contributed by atoms with Crippen molar-refractivity contribution in [3.05, 3.63) is 12.3 Å². The second kappa shape index (κ2) is 2.42. The molecule has 0 aromatic carbocycles. The van der Waals surface area contributed by atoms with Gasteiger partial charge in [0.05, 0.1) is 6.20 Å². The first kappa shape index (κ1) is 7.27. The van der Waals surface area contributed by atoms with E-state index in [2.05, 4.69) is 15.4 Å². The topological polar surface area (TPSA) is 96.2 Å². The van der Waals surface area contributed by atoms with Crippen molar-refractivity contribution in [2.45, 2.75) is 0 Å². The van der Waals surface area contributed by atoms with Crippen molar-refractivity contribution in [2.24, 2.45) is 0 Å². The van der Waals surface area contributed by atoms with Gasteiger partial charge in [0.1, 0.15) is 0 Å². The van der Waals surface area contributed by atoms with Crippen LogP contribution < -0.4 is 5.44 Å². The van der Waals surface area contributed by atoms with Crippen LogP contribution in [-0.4, -0.2) is 25.2 Å². The quantitative estimate of drug-likeness (QED) is 0.495.